The van der Waals surface area contributed by atoms with Gasteiger partial charge in [-0.25, -0.2) is 0 Å². The van der Waals surface area contributed by atoms with E-state index in [0.29, 0.717) is 35.3 Å². The Morgan fingerprint density at radius 1 is 1.00 bits per heavy atom. The summed E-state index contributed by atoms with van der Waals surface area (Å²) in [6.45, 7) is 8.32. The summed E-state index contributed by atoms with van der Waals surface area (Å²) in [7, 11) is 1.60. The minimum absolute atomic E-state index is 0.242. The molecule has 1 aliphatic rings. The summed E-state index contributed by atoms with van der Waals surface area (Å²) in [5.41, 5.74) is 7.07. The highest BCUT2D eigenvalue weighted by atomic mass is 16.5. The van der Waals surface area contributed by atoms with Crippen LogP contribution in [0.3, 0.4) is 0 Å². The molecule has 9 nitrogen and oxygen atoms in total. The van der Waals surface area contributed by atoms with Gasteiger partial charge in [-0.3, -0.25) is 4.79 Å². The standard InChI is InChI=1S/C29H30N6O3/c1-17-10-8-12-23(19(17)3)31-28(36)26-20(4)30-29-32-33-34-35(29)27(26)21-13-14-24(25(15-21)37-5)38-16-22-11-7-6-9-18(22)2/h6-15,27H,16H2,1-5H3,(H,31,36)(H,30,32,34). The van der Waals surface area contributed by atoms with E-state index in [4.69, 9.17) is 9.47 Å². The SMILES string of the molecule is COc1cc(C2C(C(=O)Nc3cccc(C)c3C)=C(C)Nc3nnnn32)ccc1OCc1ccccc1C. The largest absolute Gasteiger partial charge is 0.493 e. The second kappa shape index (κ2) is 10.4. The molecule has 0 spiro atoms. The molecule has 9 heteroatoms. The van der Waals surface area contributed by atoms with Gasteiger partial charge in [0.2, 0.25) is 5.95 Å². The van der Waals surface area contributed by atoms with Crippen LogP contribution < -0.4 is 20.1 Å². The molecule has 1 aliphatic heterocycles. The van der Waals surface area contributed by atoms with Crippen LogP contribution in [-0.2, 0) is 11.4 Å². The number of allylic oxidation sites excluding steroid dienone is 1. The fourth-order valence-electron chi connectivity index (χ4n) is 4.59. The predicted molar refractivity (Wildman–Crippen MR) is 145 cm³/mol. The molecule has 2 heterocycles. The maximum atomic E-state index is 13.7. The van der Waals surface area contributed by atoms with Gasteiger partial charge in [0.15, 0.2) is 11.5 Å². The third kappa shape index (κ3) is 4.70. The number of carbonyl (C=O) groups excluding carboxylic acids is 1. The lowest BCUT2D eigenvalue weighted by Crippen LogP contribution is -2.31. The highest BCUT2D eigenvalue weighted by molar-refractivity contribution is 6.06. The topological polar surface area (TPSA) is 103 Å². The molecule has 3 aromatic carbocycles. The first-order valence-corrected chi connectivity index (χ1v) is 12.4. The Morgan fingerprint density at radius 2 is 1.79 bits per heavy atom. The van der Waals surface area contributed by atoms with Crippen molar-refractivity contribution in [3.05, 3.63) is 99.8 Å². The first kappa shape index (κ1) is 25.0. The number of hydrogen-bond donors (Lipinski definition) is 2. The number of hydrogen-bond acceptors (Lipinski definition) is 7. The summed E-state index contributed by atoms with van der Waals surface area (Å²) < 4.78 is 13.4. The van der Waals surface area contributed by atoms with Crippen molar-refractivity contribution in [3.63, 3.8) is 0 Å². The number of carbonyl (C=O) groups is 1. The molecule has 5 rings (SSSR count). The van der Waals surface area contributed by atoms with Crippen LogP contribution in [0.5, 0.6) is 11.5 Å². The Hall–Kier alpha value is -4.66. The van der Waals surface area contributed by atoms with Crippen molar-refractivity contribution in [1.82, 2.24) is 20.2 Å². The molecule has 0 aliphatic carbocycles. The maximum Gasteiger partial charge on any atom is 0.255 e. The molecule has 2 N–H and O–H groups in total. The number of methoxy groups -OCH3 is 1. The number of fused-ring (bicyclic) bond motifs is 1. The van der Waals surface area contributed by atoms with E-state index in [2.05, 4.69) is 39.1 Å². The molecular formula is C29H30N6O3. The number of benzene rings is 3. The monoisotopic (exact) mass is 510 g/mol. The summed E-state index contributed by atoms with van der Waals surface area (Å²) in [6.07, 6.45) is 0. The summed E-state index contributed by atoms with van der Waals surface area (Å²) in [4.78, 5) is 13.7. The van der Waals surface area contributed by atoms with Crippen LogP contribution >= 0.6 is 0 Å². The van der Waals surface area contributed by atoms with Crippen molar-refractivity contribution >= 4 is 17.5 Å². The van der Waals surface area contributed by atoms with Crippen molar-refractivity contribution in [3.8, 4) is 11.5 Å². The van der Waals surface area contributed by atoms with E-state index in [-0.39, 0.29) is 5.91 Å². The average Bonchev–Trinajstić information content (AvgIpc) is 3.38. The zero-order valence-corrected chi connectivity index (χ0v) is 22.1. The minimum Gasteiger partial charge on any atom is -0.493 e. The zero-order chi connectivity index (χ0) is 26.8. The molecule has 0 saturated carbocycles. The van der Waals surface area contributed by atoms with Crippen molar-refractivity contribution < 1.29 is 14.3 Å². The van der Waals surface area contributed by atoms with Gasteiger partial charge in [-0.1, -0.05) is 47.6 Å². The van der Waals surface area contributed by atoms with E-state index in [1.54, 1.807) is 11.8 Å². The third-order valence-corrected chi connectivity index (χ3v) is 6.96. The Balaban J connectivity index is 1.49. The molecule has 0 bridgehead atoms. The van der Waals surface area contributed by atoms with Gasteiger partial charge in [0, 0.05) is 11.4 Å². The number of nitrogens with zero attached hydrogens (tertiary/aromatic N) is 4. The molecule has 0 radical (unpaired) electrons. The van der Waals surface area contributed by atoms with Crippen LogP contribution in [0.1, 0.15) is 40.8 Å². The smallest absolute Gasteiger partial charge is 0.255 e. The van der Waals surface area contributed by atoms with Gasteiger partial charge < -0.3 is 20.1 Å². The first-order valence-electron chi connectivity index (χ1n) is 12.4. The van der Waals surface area contributed by atoms with Crippen molar-refractivity contribution in [2.45, 2.75) is 40.3 Å². The van der Waals surface area contributed by atoms with Gasteiger partial charge in [0.05, 0.1) is 12.7 Å². The lowest BCUT2D eigenvalue weighted by atomic mass is 9.94. The van der Waals surface area contributed by atoms with Crippen LogP contribution in [0, 0.1) is 20.8 Å². The summed E-state index contributed by atoms with van der Waals surface area (Å²) in [5, 5.41) is 18.4. The molecule has 0 fully saturated rings. The van der Waals surface area contributed by atoms with Gasteiger partial charge in [0.1, 0.15) is 12.6 Å². The van der Waals surface area contributed by atoms with Crippen molar-refractivity contribution in [2.75, 3.05) is 17.7 Å². The average molecular weight is 511 g/mol. The number of nitrogens with one attached hydrogen (secondary N) is 2. The van der Waals surface area contributed by atoms with E-state index >= 15 is 0 Å². The summed E-state index contributed by atoms with van der Waals surface area (Å²) >= 11 is 0. The fourth-order valence-corrected chi connectivity index (χ4v) is 4.59. The van der Waals surface area contributed by atoms with Crippen LogP contribution in [0.25, 0.3) is 0 Å². The highest BCUT2D eigenvalue weighted by Crippen LogP contribution is 2.39. The zero-order valence-electron chi connectivity index (χ0n) is 22.1. The highest BCUT2D eigenvalue weighted by Gasteiger charge is 2.34. The number of rotatable bonds is 7. The second-order valence-corrected chi connectivity index (χ2v) is 9.34. The normalized spacial score (nSPS) is 14.5. The number of amides is 1. The fraction of sp³-hybridized carbons (Fsp3) is 0.241. The molecular weight excluding hydrogens is 480 g/mol. The quantitative estimate of drug-likeness (QED) is 0.356. The van der Waals surface area contributed by atoms with Gasteiger partial charge in [-0.2, -0.15) is 4.68 Å². The number of aryl methyl sites for hydroxylation is 2. The van der Waals surface area contributed by atoms with Crippen LogP contribution in [0.4, 0.5) is 11.6 Å². The number of anilines is 2. The third-order valence-electron chi connectivity index (χ3n) is 6.96. The maximum absolute atomic E-state index is 13.7. The van der Waals surface area contributed by atoms with Crippen molar-refractivity contribution in [2.24, 2.45) is 0 Å². The van der Waals surface area contributed by atoms with Gasteiger partial charge in [0.25, 0.3) is 5.91 Å². The summed E-state index contributed by atoms with van der Waals surface area (Å²) in [6, 6.07) is 19.0. The molecule has 1 atom stereocenters. The Kier molecular flexibility index (Phi) is 6.83. The van der Waals surface area contributed by atoms with Crippen molar-refractivity contribution in [1.29, 1.82) is 0 Å². The van der Waals surface area contributed by atoms with E-state index in [9.17, 15) is 4.79 Å². The van der Waals surface area contributed by atoms with Crippen LogP contribution in [0.15, 0.2) is 71.9 Å². The molecule has 1 amide bonds. The lowest BCUT2D eigenvalue weighted by molar-refractivity contribution is -0.113. The second-order valence-electron chi connectivity index (χ2n) is 9.34. The van der Waals surface area contributed by atoms with E-state index in [1.807, 2.05) is 75.4 Å². The molecule has 194 valence electrons. The van der Waals surface area contributed by atoms with Gasteiger partial charge in [-0.05, 0) is 84.1 Å². The minimum atomic E-state index is -0.578. The summed E-state index contributed by atoms with van der Waals surface area (Å²) in [5.74, 6) is 1.37. The Morgan fingerprint density at radius 3 is 2.58 bits per heavy atom. The van der Waals surface area contributed by atoms with E-state index in [1.165, 1.54) is 0 Å². The number of ether oxygens (including phenoxy) is 2. The Labute approximate surface area is 221 Å². The van der Waals surface area contributed by atoms with Gasteiger partial charge in [-0.15, -0.1) is 0 Å². The predicted octanol–water partition coefficient (Wildman–Crippen LogP) is 5.11. The van der Waals surface area contributed by atoms with Crippen LogP contribution in [0.2, 0.25) is 0 Å². The number of aromatic nitrogens is 4. The van der Waals surface area contributed by atoms with Gasteiger partial charge >= 0.3 is 0 Å². The number of tetrazole rings is 1. The lowest BCUT2D eigenvalue weighted by Gasteiger charge is -2.28. The molecule has 38 heavy (non-hydrogen) atoms. The Bertz CT molecular complexity index is 1540. The van der Waals surface area contributed by atoms with E-state index in [0.717, 1.165) is 33.5 Å². The van der Waals surface area contributed by atoms with E-state index < -0.39 is 6.04 Å². The molecule has 1 aromatic heterocycles. The molecule has 0 saturated heterocycles. The first-order chi connectivity index (χ1) is 18.4. The van der Waals surface area contributed by atoms with Crippen LogP contribution in [-0.4, -0.2) is 33.2 Å². The molecule has 4 aromatic rings. The molecule has 1 unspecified atom stereocenters.